The van der Waals surface area contributed by atoms with Gasteiger partial charge in [-0.2, -0.15) is 0 Å². The molecule has 3 rings (SSSR count). The van der Waals surface area contributed by atoms with Crippen LogP contribution in [-0.2, 0) is 9.53 Å². The topological polar surface area (TPSA) is 38.8 Å². The first-order valence-corrected chi connectivity index (χ1v) is 8.76. The van der Waals surface area contributed by atoms with E-state index in [1.807, 2.05) is 23.1 Å². The monoisotopic (exact) mass is 331 g/mol. The standard InChI is InChI=1S/C18H21NO3S/c1-21-11-5-10-19-17(20)12-23-18(19)15-8-9-16(22-2)14-7-4-3-6-13(14)15/h3-4,6-9,18H,5,10-12H2,1-2H3. The normalized spacial score (nSPS) is 17.9. The number of ether oxygens (including phenoxy) is 2. The summed E-state index contributed by atoms with van der Waals surface area (Å²) in [7, 11) is 3.38. The summed E-state index contributed by atoms with van der Waals surface area (Å²) in [6, 6.07) is 12.3. The number of amides is 1. The van der Waals surface area contributed by atoms with Crippen molar-refractivity contribution >= 4 is 28.4 Å². The minimum Gasteiger partial charge on any atom is -0.496 e. The van der Waals surface area contributed by atoms with E-state index in [-0.39, 0.29) is 11.3 Å². The Kier molecular flexibility index (Phi) is 5.08. The maximum Gasteiger partial charge on any atom is 0.233 e. The van der Waals surface area contributed by atoms with Crippen LogP contribution in [0.4, 0.5) is 0 Å². The second kappa shape index (κ2) is 7.23. The van der Waals surface area contributed by atoms with Crippen LogP contribution in [0.15, 0.2) is 36.4 Å². The Balaban J connectivity index is 1.97. The lowest BCUT2D eigenvalue weighted by molar-refractivity contribution is -0.128. The molecule has 1 aliphatic heterocycles. The number of carbonyl (C=O) groups excluding carboxylic acids is 1. The van der Waals surface area contributed by atoms with Gasteiger partial charge in [0, 0.05) is 25.6 Å². The largest absolute Gasteiger partial charge is 0.496 e. The molecule has 5 heteroatoms. The third kappa shape index (κ3) is 3.16. The van der Waals surface area contributed by atoms with E-state index >= 15 is 0 Å². The highest BCUT2D eigenvalue weighted by molar-refractivity contribution is 8.00. The van der Waals surface area contributed by atoms with E-state index in [0.717, 1.165) is 29.5 Å². The highest BCUT2D eigenvalue weighted by Crippen LogP contribution is 2.43. The van der Waals surface area contributed by atoms with E-state index in [0.29, 0.717) is 12.4 Å². The van der Waals surface area contributed by atoms with E-state index < -0.39 is 0 Å². The summed E-state index contributed by atoms with van der Waals surface area (Å²) in [6.45, 7) is 1.40. The van der Waals surface area contributed by atoms with Crippen LogP contribution < -0.4 is 4.74 Å². The molecule has 23 heavy (non-hydrogen) atoms. The molecule has 0 spiro atoms. The molecular weight excluding hydrogens is 310 g/mol. The van der Waals surface area contributed by atoms with Gasteiger partial charge in [0.1, 0.15) is 11.1 Å². The number of thioether (sulfide) groups is 1. The Labute approximate surface area is 140 Å². The van der Waals surface area contributed by atoms with Gasteiger partial charge in [-0.25, -0.2) is 0 Å². The zero-order valence-electron chi connectivity index (χ0n) is 13.5. The van der Waals surface area contributed by atoms with E-state index in [4.69, 9.17) is 9.47 Å². The van der Waals surface area contributed by atoms with Crippen LogP contribution in [0.25, 0.3) is 10.8 Å². The minimum atomic E-state index is 0.0650. The summed E-state index contributed by atoms with van der Waals surface area (Å²) >= 11 is 1.69. The van der Waals surface area contributed by atoms with E-state index in [1.54, 1.807) is 26.0 Å². The smallest absolute Gasteiger partial charge is 0.233 e. The van der Waals surface area contributed by atoms with Crippen molar-refractivity contribution in [3.05, 3.63) is 42.0 Å². The maximum atomic E-state index is 12.3. The van der Waals surface area contributed by atoms with E-state index in [9.17, 15) is 4.79 Å². The molecule has 0 radical (unpaired) electrons. The number of nitrogens with zero attached hydrogens (tertiary/aromatic N) is 1. The fraction of sp³-hybridized carbons (Fsp3) is 0.389. The van der Waals surface area contributed by atoms with Gasteiger partial charge in [-0.15, -0.1) is 11.8 Å². The summed E-state index contributed by atoms with van der Waals surface area (Å²) < 4.78 is 10.6. The SMILES string of the molecule is COCCCN1C(=O)CSC1c1ccc(OC)c2ccccc12. The van der Waals surface area contributed by atoms with Crippen molar-refractivity contribution in [2.45, 2.75) is 11.8 Å². The van der Waals surface area contributed by atoms with Gasteiger partial charge in [-0.1, -0.05) is 30.3 Å². The van der Waals surface area contributed by atoms with Crippen molar-refractivity contribution in [3.63, 3.8) is 0 Å². The van der Waals surface area contributed by atoms with Gasteiger partial charge in [0.25, 0.3) is 0 Å². The van der Waals surface area contributed by atoms with Gasteiger partial charge in [-0.3, -0.25) is 4.79 Å². The lowest BCUT2D eigenvalue weighted by Crippen LogP contribution is -2.30. The molecule has 1 unspecified atom stereocenters. The van der Waals surface area contributed by atoms with Crippen molar-refractivity contribution in [3.8, 4) is 5.75 Å². The first-order chi connectivity index (χ1) is 11.3. The zero-order chi connectivity index (χ0) is 16.2. The molecule has 0 aromatic heterocycles. The number of benzene rings is 2. The van der Waals surface area contributed by atoms with Gasteiger partial charge in [0.15, 0.2) is 0 Å². The molecule has 1 atom stereocenters. The van der Waals surface area contributed by atoms with Gasteiger partial charge < -0.3 is 14.4 Å². The molecule has 0 aliphatic carbocycles. The van der Waals surface area contributed by atoms with Gasteiger partial charge in [0.05, 0.1) is 12.9 Å². The third-order valence-electron chi connectivity index (χ3n) is 4.12. The summed E-state index contributed by atoms with van der Waals surface area (Å²) in [5.41, 5.74) is 1.18. The van der Waals surface area contributed by atoms with Crippen LogP contribution in [-0.4, -0.2) is 43.9 Å². The van der Waals surface area contributed by atoms with Crippen molar-refractivity contribution in [2.75, 3.05) is 33.1 Å². The minimum absolute atomic E-state index is 0.0650. The van der Waals surface area contributed by atoms with Gasteiger partial charge >= 0.3 is 0 Å². The number of fused-ring (bicyclic) bond motifs is 1. The summed E-state index contributed by atoms with van der Waals surface area (Å²) in [5, 5.41) is 2.30. The number of hydrogen-bond acceptors (Lipinski definition) is 4. The molecule has 1 heterocycles. The highest BCUT2D eigenvalue weighted by Gasteiger charge is 2.33. The van der Waals surface area contributed by atoms with Crippen LogP contribution in [0.3, 0.4) is 0 Å². The molecule has 122 valence electrons. The van der Waals surface area contributed by atoms with Crippen molar-refractivity contribution in [1.82, 2.24) is 4.90 Å². The Morgan fingerprint density at radius 1 is 1.17 bits per heavy atom. The van der Waals surface area contributed by atoms with Crippen LogP contribution in [0, 0.1) is 0 Å². The lowest BCUT2D eigenvalue weighted by Gasteiger charge is -2.25. The number of carbonyl (C=O) groups is 1. The third-order valence-corrected chi connectivity index (χ3v) is 5.36. The zero-order valence-corrected chi connectivity index (χ0v) is 14.3. The van der Waals surface area contributed by atoms with Gasteiger partial charge in [0.2, 0.25) is 5.91 Å². The molecule has 0 saturated carbocycles. The van der Waals surface area contributed by atoms with E-state index in [1.165, 1.54) is 5.56 Å². The van der Waals surface area contributed by atoms with Gasteiger partial charge in [-0.05, 0) is 23.4 Å². The summed E-state index contributed by atoms with van der Waals surface area (Å²) in [5.74, 6) is 1.61. The predicted molar refractivity (Wildman–Crippen MR) is 93.9 cm³/mol. The maximum absolute atomic E-state index is 12.3. The van der Waals surface area contributed by atoms with E-state index in [2.05, 4.69) is 18.2 Å². The molecular formula is C18H21NO3S. The highest BCUT2D eigenvalue weighted by atomic mass is 32.2. The number of methoxy groups -OCH3 is 2. The molecule has 0 N–H and O–H groups in total. The Morgan fingerprint density at radius 2 is 1.96 bits per heavy atom. The van der Waals surface area contributed by atoms with Crippen LogP contribution in [0.2, 0.25) is 0 Å². The molecule has 4 nitrogen and oxygen atoms in total. The average molecular weight is 331 g/mol. The first kappa shape index (κ1) is 16.1. The fourth-order valence-electron chi connectivity index (χ4n) is 3.02. The summed E-state index contributed by atoms with van der Waals surface area (Å²) in [6.07, 6.45) is 0.855. The quantitative estimate of drug-likeness (QED) is 0.760. The van der Waals surface area contributed by atoms with Crippen molar-refractivity contribution < 1.29 is 14.3 Å². The number of hydrogen-bond donors (Lipinski definition) is 0. The molecule has 1 amide bonds. The van der Waals surface area contributed by atoms with Crippen LogP contribution in [0.5, 0.6) is 5.75 Å². The second-order valence-electron chi connectivity index (χ2n) is 5.50. The molecule has 1 aliphatic rings. The van der Waals surface area contributed by atoms with Crippen molar-refractivity contribution in [2.24, 2.45) is 0 Å². The Bertz CT molecular complexity index is 704. The average Bonchev–Trinajstić information content (AvgIpc) is 2.95. The Hall–Kier alpha value is -1.72. The van der Waals surface area contributed by atoms with Crippen LogP contribution in [0.1, 0.15) is 17.4 Å². The number of rotatable bonds is 6. The second-order valence-corrected chi connectivity index (χ2v) is 6.57. The fourth-order valence-corrected chi connectivity index (χ4v) is 4.28. The lowest BCUT2D eigenvalue weighted by atomic mass is 10.0. The molecule has 1 saturated heterocycles. The first-order valence-electron chi connectivity index (χ1n) is 7.72. The molecule has 2 aromatic carbocycles. The van der Waals surface area contributed by atoms with Crippen LogP contribution >= 0.6 is 11.8 Å². The van der Waals surface area contributed by atoms with Crippen molar-refractivity contribution in [1.29, 1.82) is 0 Å². The molecule has 2 aromatic rings. The molecule has 0 bridgehead atoms. The summed E-state index contributed by atoms with van der Waals surface area (Å²) in [4.78, 5) is 14.2. The molecule has 1 fully saturated rings. The Morgan fingerprint density at radius 3 is 2.70 bits per heavy atom. The predicted octanol–water partition coefficient (Wildman–Crippen LogP) is 3.46.